The van der Waals surface area contributed by atoms with Crippen molar-refractivity contribution in [3.8, 4) is 0 Å². The molecule has 2 aromatic heterocycles. The van der Waals surface area contributed by atoms with Crippen LogP contribution in [0.15, 0.2) is 34.0 Å². The Morgan fingerprint density at radius 2 is 2.19 bits per heavy atom. The minimum atomic E-state index is -0.0660. The molecule has 0 aromatic carbocycles. The van der Waals surface area contributed by atoms with Crippen LogP contribution in [0.5, 0.6) is 0 Å². The van der Waals surface area contributed by atoms with Crippen molar-refractivity contribution in [2.75, 3.05) is 34.2 Å². The number of rotatable bonds is 7. The van der Waals surface area contributed by atoms with Crippen molar-refractivity contribution in [3.63, 3.8) is 0 Å². The number of likely N-dealkylation sites (N-methyl/N-ethyl adjacent to an activating group) is 1. The summed E-state index contributed by atoms with van der Waals surface area (Å²) in [6.07, 6.45) is 3.98. The maximum atomic E-state index is 11.9. The molecule has 0 aliphatic rings. The molecule has 8 nitrogen and oxygen atoms in total. The van der Waals surface area contributed by atoms with Crippen LogP contribution in [0.4, 0.5) is 0 Å². The third-order valence-corrected chi connectivity index (χ3v) is 4.22. The van der Waals surface area contributed by atoms with Crippen molar-refractivity contribution >= 4 is 23.5 Å². The standard InChI is InChI=1S/C17H25ClN6O2/c1-22(2)16(25)11-21-17(19-8-7-13-6-5-9-26-13)23(3)12-15-20-10-14(18)24(15)4/h5-6,9-10H,7-8,11-12H2,1-4H3,(H,19,21). The van der Waals surface area contributed by atoms with E-state index in [0.717, 1.165) is 18.0 Å². The SMILES string of the molecule is CN(C)C(=O)CN=C(NCCc1ccco1)N(C)Cc1ncc(Cl)n1C. The molecule has 142 valence electrons. The van der Waals surface area contributed by atoms with E-state index >= 15 is 0 Å². The number of carbonyl (C=O) groups is 1. The molecule has 1 N–H and O–H groups in total. The third-order valence-electron chi connectivity index (χ3n) is 3.87. The van der Waals surface area contributed by atoms with Gasteiger partial charge in [-0.05, 0) is 12.1 Å². The van der Waals surface area contributed by atoms with E-state index in [1.807, 2.05) is 35.7 Å². The number of furan rings is 1. The molecule has 0 aliphatic carbocycles. The van der Waals surface area contributed by atoms with E-state index < -0.39 is 0 Å². The van der Waals surface area contributed by atoms with Crippen LogP contribution in [0.25, 0.3) is 0 Å². The highest BCUT2D eigenvalue weighted by molar-refractivity contribution is 6.29. The lowest BCUT2D eigenvalue weighted by Gasteiger charge is -2.22. The first-order chi connectivity index (χ1) is 12.4. The molecule has 1 amide bonds. The Morgan fingerprint density at radius 3 is 2.77 bits per heavy atom. The first-order valence-electron chi connectivity index (χ1n) is 8.26. The number of halogens is 1. The molecule has 0 saturated heterocycles. The van der Waals surface area contributed by atoms with E-state index in [2.05, 4.69) is 15.3 Å². The molecular formula is C17H25ClN6O2. The number of imidazole rings is 1. The van der Waals surface area contributed by atoms with Crippen LogP contribution in [-0.2, 0) is 24.8 Å². The molecule has 0 fully saturated rings. The number of carbonyl (C=O) groups excluding carboxylic acids is 1. The highest BCUT2D eigenvalue weighted by atomic mass is 35.5. The number of amides is 1. The summed E-state index contributed by atoms with van der Waals surface area (Å²) >= 11 is 6.05. The summed E-state index contributed by atoms with van der Waals surface area (Å²) in [7, 11) is 7.17. The maximum absolute atomic E-state index is 11.9. The summed E-state index contributed by atoms with van der Waals surface area (Å²) in [6, 6.07) is 3.78. The van der Waals surface area contributed by atoms with Gasteiger partial charge in [-0.2, -0.15) is 0 Å². The largest absolute Gasteiger partial charge is 0.469 e. The fourth-order valence-electron chi connectivity index (χ4n) is 2.21. The van der Waals surface area contributed by atoms with Gasteiger partial charge in [-0.3, -0.25) is 4.79 Å². The third kappa shape index (κ3) is 5.52. The maximum Gasteiger partial charge on any atom is 0.243 e. The molecule has 0 unspecified atom stereocenters. The van der Waals surface area contributed by atoms with Gasteiger partial charge in [0.25, 0.3) is 0 Å². The van der Waals surface area contributed by atoms with Gasteiger partial charge >= 0.3 is 0 Å². The molecule has 2 aromatic rings. The van der Waals surface area contributed by atoms with Gasteiger partial charge in [0, 0.05) is 41.2 Å². The van der Waals surface area contributed by atoms with Gasteiger partial charge in [0.15, 0.2) is 5.96 Å². The first-order valence-corrected chi connectivity index (χ1v) is 8.64. The molecular weight excluding hydrogens is 356 g/mol. The second-order valence-electron chi connectivity index (χ2n) is 6.10. The van der Waals surface area contributed by atoms with Crippen LogP contribution < -0.4 is 5.32 Å². The lowest BCUT2D eigenvalue weighted by atomic mass is 10.3. The zero-order valence-corrected chi connectivity index (χ0v) is 16.3. The lowest BCUT2D eigenvalue weighted by Crippen LogP contribution is -2.40. The Kier molecular flexibility index (Phi) is 7.08. The number of nitrogens with one attached hydrogen (secondary N) is 1. The van der Waals surface area contributed by atoms with Gasteiger partial charge < -0.3 is 24.1 Å². The average molecular weight is 381 g/mol. The van der Waals surface area contributed by atoms with Gasteiger partial charge in [0.05, 0.1) is 19.0 Å². The second-order valence-corrected chi connectivity index (χ2v) is 6.48. The van der Waals surface area contributed by atoms with Crippen LogP contribution in [0.1, 0.15) is 11.6 Å². The number of hydrogen-bond acceptors (Lipinski definition) is 4. The number of aliphatic imine (C=N–C) groups is 1. The Morgan fingerprint density at radius 1 is 1.42 bits per heavy atom. The molecule has 0 radical (unpaired) electrons. The Labute approximate surface area is 158 Å². The topological polar surface area (TPSA) is 78.9 Å². The first kappa shape index (κ1) is 19.8. The highest BCUT2D eigenvalue weighted by Crippen LogP contribution is 2.10. The van der Waals surface area contributed by atoms with E-state index in [9.17, 15) is 4.79 Å². The van der Waals surface area contributed by atoms with Gasteiger partial charge in [0.1, 0.15) is 23.3 Å². The Hall–Kier alpha value is -2.48. The molecule has 0 aliphatic heterocycles. The number of aromatic nitrogens is 2. The minimum absolute atomic E-state index is 0.0660. The monoisotopic (exact) mass is 380 g/mol. The van der Waals surface area contributed by atoms with E-state index in [4.69, 9.17) is 16.0 Å². The molecule has 2 heterocycles. The van der Waals surface area contributed by atoms with Crippen LogP contribution in [0, 0.1) is 0 Å². The average Bonchev–Trinajstić information content (AvgIpc) is 3.22. The normalized spacial score (nSPS) is 11.5. The Bertz CT molecular complexity index is 739. The second kappa shape index (κ2) is 9.28. The smallest absolute Gasteiger partial charge is 0.243 e. The van der Waals surface area contributed by atoms with Gasteiger partial charge in [0.2, 0.25) is 5.91 Å². The van der Waals surface area contributed by atoms with Crippen molar-refractivity contribution in [2.45, 2.75) is 13.0 Å². The summed E-state index contributed by atoms with van der Waals surface area (Å²) in [4.78, 5) is 24.0. The van der Waals surface area contributed by atoms with Crippen molar-refractivity contribution in [3.05, 3.63) is 41.3 Å². The van der Waals surface area contributed by atoms with Crippen LogP contribution >= 0.6 is 11.6 Å². The van der Waals surface area contributed by atoms with E-state index in [1.54, 1.807) is 26.6 Å². The quantitative estimate of drug-likeness (QED) is 0.580. The van der Waals surface area contributed by atoms with Crippen molar-refractivity contribution in [1.29, 1.82) is 0 Å². The summed E-state index contributed by atoms with van der Waals surface area (Å²) in [5, 5.41) is 3.84. The summed E-state index contributed by atoms with van der Waals surface area (Å²) in [6.45, 7) is 1.21. The number of nitrogens with zero attached hydrogens (tertiary/aromatic N) is 5. The summed E-state index contributed by atoms with van der Waals surface area (Å²) in [5.74, 6) is 2.24. The molecule has 0 saturated carbocycles. The van der Waals surface area contributed by atoms with Gasteiger partial charge in [-0.1, -0.05) is 11.6 Å². The summed E-state index contributed by atoms with van der Waals surface area (Å²) in [5.41, 5.74) is 0. The zero-order chi connectivity index (χ0) is 19.1. The van der Waals surface area contributed by atoms with Gasteiger partial charge in [-0.15, -0.1) is 0 Å². The predicted molar refractivity (Wildman–Crippen MR) is 101 cm³/mol. The van der Waals surface area contributed by atoms with Crippen LogP contribution in [-0.4, -0.2) is 65.5 Å². The van der Waals surface area contributed by atoms with Gasteiger partial charge in [-0.25, -0.2) is 9.98 Å². The zero-order valence-electron chi connectivity index (χ0n) is 15.6. The number of hydrogen-bond donors (Lipinski definition) is 1. The minimum Gasteiger partial charge on any atom is -0.469 e. The van der Waals surface area contributed by atoms with Crippen LogP contribution in [0.2, 0.25) is 5.15 Å². The molecule has 0 atom stereocenters. The molecule has 9 heteroatoms. The van der Waals surface area contributed by atoms with Crippen LogP contribution in [0.3, 0.4) is 0 Å². The van der Waals surface area contributed by atoms with Crippen molar-refractivity contribution in [2.24, 2.45) is 12.0 Å². The van der Waals surface area contributed by atoms with E-state index in [1.165, 1.54) is 4.90 Å². The van der Waals surface area contributed by atoms with Crippen molar-refractivity contribution < 1.29 is 9.21 Å². The molecule has 2 rings (SSSR count). The highest BCUT2D eigenvalue weighted by Gasteiger charge is 2.13. The molecule has 26 heavy (non-hydrogen) atoms. The summed E-state index contributed by atoms with van der Waals surface area (Å²) < 4.78 is 7.15. The van der Waals surface area contributed by atoms with Crippen molar-refractivity contribution in [1.82, 2.24) is 24.7 Å². The predicted octanol–water partition coefficient (Wildman–Crippen LogP) is 1.37. The van der Waals surface area contributed by atoms with E-state index in [-0.39, 0.29) is 12.5 Å². The lowest BCUT2D eigenvalue weighted by molar-refractivity contribution is -0.127. The fraction of sp³-hybridized carbons (Fsp3) is 0.471. The molecule has 0 spiro atoms. The van der Waals surface area contributed by atoms with E-state index in [0.29, 0.717) is 24.2 Å². The number of guanidine groups is 1. The molecule has 0 bridgehead atoms. The fourth-order valence-corrected chi connectivity index (χ4v) is 2.35. The Balaban J connectivity index is 2.03.